The number of ether oxygens (including phenoxy) is 1. The zero-order valence-corrected chi connectivity index (χ0v) is 20.5. The number of likely N-dealkylation sites (tertiary alicyclic amines) is 1. The number of carbonyl (C=O) groups is 1. The third kappa shape index (κ3) is 5.85. The summed E-state index contributed by atoms with van der Waals surface area (Å²) < 4.78 is 58.3. The van der Waals surface area contributed by atoms with Gasteiger partial charge in [-0.3, -0.25) is 4.90 Å². The maximum Gasteiger partial charge on any atom is 0.419 e. The maximum absolute atomic E-state index is 14.1. The quantitative estimate of drug-likeness (QED) is 0.486. The molecular formula is C24H25Cl2F4N3O2. The van der Waals surface area contributed by atoms with E-state index in [0.29, 0.717) is 55.0 Å². The van der Waals surface area contributed by atoms with E-state index < -0.39 is 17.6 Å². The van der Waals surface area contributed by atoms with Gasteiger partial charge in [0.15, 0.2) is 0 Å². The molecule has 2 heterocycles. The van der Waals surface area contributed by atoms with Crippen molar-refractivity contribution in [3.8, 4) is 0 Å². The number of hydrogen-bond donors (Lipinski definition) is 0. The Hall–Kier alpha value is -2.07. The molecule has 0 bridgehead atoms. The molecule has 0 aromatic heterocycles. The molecule has 11 heteroatoms. The molecule has 2 amide bonds. The summed E-state index contributed by atoms with van der Waals surface area (Å²) in [7, 11) is 1.81. The van der Waals surface area contributed by atoms with Crippen molar-refractivity contribution in [1.29, 1.82) is 0 Å². The van der Waals surface area contributed by atoms with Gasteiger partial charge in [0.2, 0.25) is 0 Å². The summed E-state index contributed by atoms with van der Waals surface area (Å²) in [5, 5.41) is 0.813. The van der Waals surface area contributed by atoms with Gasteiger partial charge in [-0.2, -0.15) is 13.2 Å². The zero-order valence-electron chi connectivity index (χ0n) is 19.0. The van der Waals surface area contributed by atoms with Crippen LogP contribution in [0.4, 0.5) is 22.4 Å². The van der Waals surface area contributed by atoms with Gasteiger partial charge in [0, 0.05) is 44.7 Å². The largest absolute Gasteiger partial charge is 0.419 e. The average Bonchev–Trinajstić information content (AvgIpc) is 3.26. The number of rotatable bonds is 4. The van der Waals surface area contributed by atoms with Gasteiger partial charge in [0.1, 0.15) is 5.82 Å². The lowest BCUT2D eigenvalue weighted by Gasteiger charge is -2.31. The van der Waals surface area contributed by atoms with Crippen LogP contribution in [0.1, 0.15) is 22.6 Å². The van der Waals surface area contributed by atoms with Crippen LogP contribution >= 0.6 is 23.2 Å². The van der Waals surface area contributed by atoms with E-state index in [1.54, 1.807) is 21.9 Å². The van der Waals surface area contributed by atoms with Gasteiger partial charge in [0.05, 0.1) is 28.8 Å². The predicted molar refractivity (Wildman–Crippen MR) is 125 cm³/mol. The van der Waals surface area contributed by atoms with Crippen molar-refractivity contribution in [2.75, 3.05) is 46.4 Å². The predicted octanol–water partition coefficient (Wildman–Crippen LogP) is 5.50. The van der Waals surface area contributed by atoms with Crippen molar-refractivity contribution < 1.29 is 27.1 Å². The molecule has 0 radical (unpaired) electrons. The number of nitrogens with zero attached hydrogens (tertiary/aromatic N) is 3. The second-order valence-corrected chi connectivity index (χ2v) is 9.68. The molecule has 35 heavy (non-hydrogen) atoms. The van der Waals surface area contributed by atoms with Crippen molar-refractivity contribution >= 4 is 29.2 Å². The highest BCUT2D eigenvalue weighted by atomic mass is 35.5. The zero-order chi connectivity index (χ0) is 25.3. The first-order chi connectivity index (χ1) is 16.5. The fourth-order valence-corrected chi connectivity index (χ4v) is 5.01. The summed E-state index contributed by atoms with van der Waals surface area (Å²) in [4.78, 5) is 18.6. The molecule has 2 aliphatic heterocycles. The molecule has 0 spiro atoms. The summed E-state index contributed by atoms with van der Waals surface area (Å²) in [6, 6.07) is 8.03. The van der Waals surface area contributed by atoms with Crippen molar-refractivity contribution in [1.82, 2.24) is 14.7 Å². The first-order valence-electron chi connectivity index (χ1n) is 11.2. The summed E-state index contributed by atoms with van der Waals surface area (Å²) in [6.45, 7) is 3.04. The van der Waals surface area contributed by atoms with E-state index in [1.165, 1.54) is 6.07 Å². The highest BCUT2D eigenvalue weighted by Gasteiger charge is 2.40. The Morgan fingerprint density at radius 2 is 1.77 bits per heavy atom. The Kier molecular flexibility index (Phi) is 7.80. The number of alkyl halides is 3. The Morgan fingerprint density at radius 1 is 1.06 bits per heavy atom. The Bertz CT molecular complexity index is 1080. The van der Waals surface area contributed by atoms with E-state index in [4.69, 9.17) is 27.9 Å². The van der Waals surface area contributed by atoms with E-state index in [1.807, 2.05) is 18.0 Å². The third-order valence-corrected chi connectivity index (χ3v) is 7.29. The van der Waals surface area contributed by atoms with E-state index in [9.17, 15) is 22.4 Å². The maximum atomic E-state index is 14.1. The number of amides is 2. The molecule has 2 aromatic rings. The minimum Gasteiger partial charge on any atom is -0.378 e. The van der Waals surface area contributed by atoms with Crippen LogP contribution in [0.5, 0.6) is 0 Å². The molecule has 0 N–H and O–H groups in total. The lowest BCUT2D eigenvalue weighted by atomic mass is 9.93. The standard InChI is InChI=1S/C24H25Cl2F4N3O2/c1-31(12-15-2-4-18(21(27)10-15)24(28,29)30)22-14-33(23(34)32-6-8-35-9-7-32)13-17(22)16-3-5-19(25)20(26)11-16/h2-5,10-11,17,22H,6-9,12-14H2,1H3/t17-,22+/m1/s1. The minimum atomic E-state index is -4.75. The van der Waals surface area contributed by atoms with E-state index >= 15 is 0 Å². The number of urea groups is 1. The van der Waals surface area contributed by atoms with E-state index in [-0.39, 0.29) is 24.5 Å². The summed E-state index contributed by atoms with van der Waals surface area (Å²) in [6.07, 6.45) is -4.75. The lowest BCUT2D eigenvalue weighted by molar-refractivity contribution is -0.140. The van der Waals surface area contributed by atoms with Crippen LogP contribution in [0, 0.1) is 5.82 Å². The Morgan fingerprint density at radius 3 is 2.40 bits per heavy atom. The van der Waals surface area contributed by atoms with Gasteiger partial charge >= 0.3 is 12.2 Å². The normalized spacial score (nSPS) is 21.1. The van der Waals surface area contributed by atoms with Crippen molar-refractivity contribution in [3.63, 3.8) is 0 Å². The van der Waals surface area contributed by atoms with E-state index in [0.717, 1.165) is 17.7 Å². The topological polar surface area (TPSA) is 36.0 Å². The lowest BCUT2D eigenvalue weighted by Crippen LogP contribution is -2.48. The first kappa shape index (κ1) is 26.0. The molecule has 0 saturated carbocycles. The summed E-state index contributed by atoms with van der Waals surface area (Å²) in [5.74, 6) is -1.43. The molecule has 5 nitrogen and oxygen atoms in total. The smallest absolute Gasteiger partial charge is 0.378 e. The van der Waals surface area contributed by atoms with Crippen LogP contribution in [-0.2, 0) is 17.5 Å². The number of carbonyl (C=O) groups excluding carboxylic acids is 1. The Balaban J connectivity index is 1.57. The number of morpholine rings is 1. The van der Waals surface area contributed by atoms with Crippen molar-refractivity contribution in [2.24, 2.45) is 0 Å². The number of likely N-dealkylation sites (N-methyl/N-ethyl adjacent to an activating group) is 1. The number of hydrogen-bond acceptors (Lipinski definition) is 3. The number of benzene rings is 2. The molecule has 0 unspecified atom stereocenters. The average molecular weight is 534 g/mol. The van der Waals surface area contributed by atoms with Crippen LogP contribution in [0.3, 0.4) is 0 Å². The van der Waals surface area contributed by atoms with Gasteiger partial charge < -0.3 is 14.5 Å². The second-order valence-electron chi connectivity index (χ2n) is 8.86. The summed E-state index contributed by atoms with van der Waals surface area (Å²) in [5.41, 5.74) is 0.0108. The second kappa shape index (κ2) is 10.5. The minimum absolute atomic E-state index is 0.0881. The molecule has 4 rings (SSSR count). The number of halogens is 6. The summed E-state index contributed by atoms with van der Waals surface area (Å²) >= 11 is 12.4. The third-order valence-electron chi connectivity index (χ3n) is 6.55. The van der Waals surface area contributed by atoms with Crippen LogP contribution in [0.15, 0.2) is 36.4 Å². The van der Waals surface area contributed by atoms with Gasteiger partial charge in [0.25, 0.3) is 0 Å². The van der Waals surface area contributed by atoms with Gasteiger partial charge in [-0.1, -0.05) is 35.3 Å². The molecule has 2 aromatic carbocycles. The molecule has 2 fully saturated rings. The van der Waals surface area contributed by atoms with E-state index in [2.05, 4.69) is 0 Å². The fraction of sp³-hybridized carbons (Fsp3) is 0.458. The van der Waals surface area contributed by atoms with Crippen LogP contribution in [0.2, 0.25) is 10.0 Å². The van der Waals surface area contributed by atoms with Gasteiger partial charge in [-0.25, -0.2) is 9.18 Å². The molecule has 2 saturated heterocycles. The van der Waals surface area contributed by atoms with Crippen molar-refractivity contribution in [2.45, 2.75) is 24.7 Å². The molecular weight excluding hydrogens is 509 g/mol. The van der Waals surface area contributed by atoms with Gasteiger partial charge in [-0.05, 0) is 42.4 Å². The van der Waals surface area contributed by atoms with Gasteiger partial charge in [-0.15, -0.1) is 0 Å². The fourth-order valence-electron chi connectivity index (χ4n) is 4.71. The highest BCUT2D eigenvalue weighted by Crippen LogP contribution is 2.36. The van der Waals surface area contributed by atoms with Crippen molar-refractivity contribution in [3.05, 3.63) is 69.0 Å². The molecule has 0 aliphatic carbocycles. The molecule has 2 aliphatic rings. The monoisotopic (exact) mass is 533 g/mol. The van der Waals surface area contributed by atoms with Crippen LogP contribution < -0.4 is 0 Å². The highest BCUT2D eigenvalue weighted by molar-refractivity contribution is 6.42. The molecule has 2 atom stereocenters. The van der Waals surface area contributed by atoms with Crippen LogP contribution in [-0.4, -0.2) is 73.2 Å². The SMILES string of the molecule is CN(Cc1ccc(C(F)(F)F)c(F)c1)[C@H]1CN(C(=O)N2CCOCC2)C[C@@H]1c1ccc(Cl)c(Cl)c1. The molecule has 190 valence electrons. The Labute approximate surface area is 211 Å². The van der Waals surface area contributed by atoms with Crippen LogP contribution in [0.25, 0.3) is 0 Å². The first-order valence-corrected chi connectivity index (χ1v) is 11.9.